The molecule has 1 amide bonds. The minimum absolute atomic E-state index is 0.214. The van der Waals surface area contributed by atoms with Crippen molar-refractivity contribution in [3.63, 3.8) is 0 Å². The van der Waals surface area contributed by atoms with Crippen LogP contribution in [-0.2, 0) is 6.42 Å². The number of aryl methyl sites for hydroxylation is 1. The number of benzene rings is 1. The number of methoxy groups -OCH3 is 1. The third-order valence-electron chi connectivity index (χ3n) is 3.72. The average Bonchev–Trinajstić information content (AvgIpc) is 3.12. The molecule has 0 spiro atoms. The Morgan fingerprint density at radius 2 is 2.11 bits per heavy atom. The summed E-state index contributed by atoms with van der Waals surface area (Å²) in [6, 6.07) is 4.98. The first-order chi connectivity index (χ1) is 12.8. The standard InChI is InChI=1S/C17H18F2N2O6/c1-10(5-6-11-4-3-7-26-11)20-16(22)12-8-14(25-2)15(27-17(18)19)9-13(12)21(23)24/h3-4,7-10,17H,5-6H2,1-2H3,(H,20,22). The lowest BCUT2D eigenvalue weighted by Gasteiger charge is -2.15. The normalized spacial score (nSPS) is 11.9. The van der Waals surface area contributed by atoms with Crippen molar-refractivity contribution in [1.82, 2.24) is 5.32 Å². The summed E-state index contributed by atoms with van der Waals surface area (Å²) in [7, 11) is 1.17. The number of furan rings is 1. The molecule has 1 aromatic heterocycles. The molecular weight excluding hydrogens is 366 g/mol. The van der Waals surface area contributed by atoms with Crippen molar-refractivity contribution in [2.24, 2.45) is 0 Å². The average molecular weight is 384 g/mol. The topological polar surface area (TPSA) is 104 Å². The molecule has 27 heavy (non-hydrogen) atoms. The van der Waals surface area contributed by atoms with Gasteiger partial charge in [0.25, 0.3) is 11.6 Å². The molecule has 0 aliphatic heterocycles. The van der Waals surface area contributed by atoms with Gasteiger partial charge in [0.2, 0.25) is 0 Å². The van der Waals surface area contributed by atoms with Crippen LogP contribution in [0.15, 0.2) is 34.9 Å². The maximum absolute atomic E-state index is 12.5. The van der Waals surface area contributed by atoms with Gasteiger partial charge in [-0.1, -0.05) is 0 Å². The monoisotopic (exact) mass is 384 g/mol. The summed E-state index contributed by atoms with van der Waals surface area (Å²) in [6.07, 6.45) is 2.65. The predicted octanol–water partition coefficient (Wildman–Crippen LogP) is 3.55. The second-order valence-corrected chi connectivity index (χ2v) is 5.65. The summed E-state index contributed by atoms with van der Waals surface area (Å²) in [4.78, 5) is 22.9. The highest BCUT2D eigenvalue weighted by Gasteiger charge is 2.26. The first-order valence-corrected chi connectivity index (χ1v) is 7.96. The molecular formula is C17H18F2N2O6. The lowest BCUT2D eigenvalue weighted by molar-refractivity contribution is -0.385. The summed E-state index contributed by atoms with van der Waals surface area (Å²) in [5.41, 5.74) is -0.981. The second kappa shape index (κ2) is 8.97. The Morgan fingerprint density at radius 3 is 2.67 bits per heavy atom. The first kappa shape index (κ1) is 20.1. The molecule has 1 aromatic carbocycles. The van der Waals surface area contributed by atoms with Gasteiger partial charge >= 0.3 is 6.61 Å². The molecule has 0 saturated heterocycles. The highest BCUT2D eigenvalue weighted by Crippen LogP contribution is 2.35. The van der Waals surface area contributed by atoms with E-state index in [0.29, 0.717) is 12.8 Å². The number of rotatable bonds is 9. The maximum atomic E-state index is 12.5. The van der Waals surface area contributed by atoms with E-state index in [0.717, 1.165) is 17.9 Å². The minimum Gasteiger partial charge on any atom is -0.493 e. The van der Waals surface area contributed by atoms with E-state index in [4.69, 9.17) is 9.15 Å². The van der Waals surface area contributed by atoms with Crippen LogP contribution in [0.2, 0.25) is 0 Å². The van der Waals surface area contributed by atoms with Crippen molar-refractivity contribution in [1.29, 1.82) is 0 Å². The zero-order valence-electron chi connectivity index (χ0n) is 14.6. The highest BCUT2D eigenvalue weighted by atomic mass is 19.3. The predicted molar refractivity (Wildman–Crippen MR) is 90.2 cm³/mol. The number of nitrogens with zero attached hydrogens (tertiary/aromatic N) is 1. The summed E-state index contributed by atoms with van der Waals surface area (Å²) in [6.45, 7) is -1.46. The first-order valence-electron chi connectivity index (χ1n) is 7.96. The van der Waals surface area contributed by atoms with Crippen LogP contribution in [-0.4, -0.2) is 30.6 Å². The SMILES string of the molecule is COc1cc(C(=O)NC(C)CCc2ccco2)c([N+](=O)[O-])cc1OC(F)F. The van der Waals surface area contributed by atoms with E-state index in [1.807, 2.05) is 0 Å². The van der Waals surface area contributed by atoms with Crippen LogP contribution in [0.3, 0.4) is 0 Å². The van der Waals surface area contributed by atoms with Crippen LogP contribution < -0.4 is 14.8 Å². The third-order valence-corrected chi connectivity index (χ3v) is 3.72. The van der Waals surface area contributed by atoms with E-state index >= 15 is 0 Å². The number of carbonyl (C=O) groups excluding carboxylic acids is 1. The van der Waals surface area contributed by atoms with Crippen LogP contribution in [0.5, 0.6) is 11.5 Å². The van der Waals surface area contributed by atoms with Crippen LogP contribution in [0, 0.1) is 10.1 Å². The fourth-order valence-electron chi connectivity index (χ4n) is 2.42. The van der Waals surface area contributed by atoms with Crippen molar-refractivity contribution in [3.8, 4) is 11.5 Å². The van der Waals surface area contributed by atoms with Gasteiger partial charge in [-0.3, -0.25) is 14.9 Å². The largest absolute Gasteiger partial charge is 0.493 e. The molecule has 146 valence electrons. The highest BCUT2D eigenvalue weighted by molar-refractivity contribution is 5.99. The van der Waals surface area contributed by atoms with E-state index in [-0.39, 0.29) is 17.4 Å². The molecule has 2 aromatic rings. The molecule has 2 rings (SSSR count). The van der Waals surface area contributed by atoms with Crippen molar-refractivity contribution in [3.05, 3.63) is 52.0 Å². The number of amides is 1. The molecule has 0 aliphatic carbocycles. The van der Waals surface area contributed by atoms with Crippen LogP contribution in [0.25, 0.3) is 0 Å². The van der Waals surface area contributed by atoms with Gasteiger partial charge in [0, 0.05) is 18.5 Å². The number of hydrogen-bond donors (Lipinski definition) is 1. The van der Waals surface area contributed by atoms with Gasteiger partial charge in [0.1, 0.15) is 11.3 Å². The van der Waals surface area contributed by atoms with Gasteiger partial charge in [0.05, 0.1) is 24.4 Å². The molecule has 0 aliphatic rings. The smallest absolute Gasteiger partial charge is 0.387 e. The van der Waals surface area contributed by atoms with E-state index < -0.39 is 28.9 Å². The Hall–Kier alpha value is -3.17. The summed E-state index contributed by atoms with van der Waals surface area (Å²) >= 11 is 0. The lowest BCUT2D eigenvalue weighted by Crippen LogP contribution is -2.33. The van der Waals surface area contributed by atoms with Gasteiger partial charge in [-0.05, 0) is 25.5 Å². The number of nitro benzene ring substituents is 1. The zero-order valence-corrected chi connectivity index (χ0v) is 14.6. The molecule has 8 nitrogen and oxygen atoms in total. The van der Waals surface area contributed by atoms with Crippen LogP contribution in [0.1, 0.15) is 29.5 Å². The number of ether oxygens (including phenoxy) is 2. The fourth-order valence-corrected chi connectivity index (χ4v) is 2.42. The molecule has 0 bridgehead atoms. The number of halogens is 2. The quantitative estimate of drug-likeness (QED) is 0.524. The molecule has 1 unspecified atom stereocenters. The fraction of sp³-hybridized carbons (Fsp3) is 0.353. The minimum atomic E-state index is -3.19. The Labute approximate surface area is 153 Å². The number of nitrogens with one attached hydrogen (secondary N) is 1. The van der Waals surface area contributed by atoms with E-state index in [9.17, 15) is 23.7 Å². The molecule has 1 atom stereocenters. The Bertz CT molecular complexity index is 795. The van der Waals surface area contributed by atoms with Crippen molar-refractivity contribution >= 4 is 11.6 Å². The van der Waals surface area contributed by atoms with E-state index in [1.165, 1.54) is 13.4 Å². The number of alkyl halides is 2. The van der Waals surface area contributed by atoms with Gasteiger partial charge in [0.15, 0.2) is 11.5 Å². The van der Waals surface area contributed by atoms with Gasteiger partial charge in [-0.2, -0.15) is 8.78 Å². The lowest BCUT2D eigenvalue weighted by atomic mass is 10.1. The zero-order chi connectivity index (χ0) is 20.0. The maximum Gasteiger partial charge on any atom is 0.387 e. The number of carbonyl (C=O) groups is 1. The van der Waals surface area contributed by atoms with E-state index in [1.54, 1.807) is 19.1 Å². The second-order valence-electron chi connectivity index (χ2n) is 5.65. The van der Waals surface area contributed by atoms with Gasteiger partial charge < -0.3 is 19.2 Å². The summed E-state index contributed by atoms with van der Waals surface area (Å²) in [5.74, 6) is -0.719. The Kier molecular flexibility index (Phi) is 6.69. The summed E-state index contributed by atoms with van der Waals surface area (Å²) < 4.78 is 39.3. The molecule has 1 N–H and O–H groups in total. The molecule has 0 saturated carbocycles. The van der Waals surface area contributed by atoms with Crippen LogP contribution in [0.4, 0.5) is 14.5 Å². The van der Waals surface area contributed by atoms with Crippen molar-refractivity contribution in [2.75, 3.05) is 7.11 Å². The Morgan fingerprint density at radius 1 is 1.37 bits per heavy atom. The Balaban J connectivity index is 2.18. The van der Waals surface area contributed by atoms with Gasteiger partial charge in [-0.15, -0.1) is 0 Å². The third kappa shape index (κ3) is 5.40. The van der Waals surface area contributed by atoms with Crippen molar-refractivity contribution in [2.45, 2.75) is 32.4 Å². The summed E-state index contributed by atoms with van der Waals surface area (Å²) in [5, 5.41) is 13.9. The molecule has 1 heterocycles. The van der Waals surface area contributed by atoms with Crippen LogP contribution >= 0.6 is 0 Å². The van der Waals surface area contributed by atoms with E-state index in [2.05, 4.69) is 10.1 Å². The molecule has 0 fully saturated rings. The van der Waals surface area contributed by atoms with Gasteiger partial charge in [-0.25, -0.2) is 0 Å². The number of nitro groups is 1. The molecule has 0 radical (unpaired) electrons. The number of hydrogen-bond acceptors (Lipinski definition) is 6. The van der Waals surface area contributed by atoms with Crippen molar-refractivity contribution < 1.29 is 32.4 Å². The molecule has 10 heteroatoms.